The maximum absolute atomic E-state index is 14.1. The van der Waals surface area contributed by atoms with Gasteiger partial charge in [0.15, 0.2) is 11.5 Å². The molecule has 2 amide bonds. The fraction of sp³-hybridized carbons (Fsp3) is 0.588. The van der Waals surface area contributed by atoms with Gasteiger partial charge in [0.25, 0.3) is 11.8 Å². The molecule has 2 aliphatic rings. The number of hydrogen-bond acceptors (Lipinski definition) is 4. The van der Waals surface area contributed by atoms with E-state index in [-0.39, 0.29) is 18.7 Å². The van der Waals surface area contributed by atoms with Gasteiger partial charge in [0.05, 0.1) is 12.8 Å². The quantitative estimate of drug-likeness (QED) is 0.802. The summed E-state index contributed by atoms with van der Waals surface area (Å²) in [6.45, 7) is 0.417. The van der Waals surface area contributed by atoms with Gasteiger partial charge in [-0.1, -0.05) is 0 Å². The summed E-state index contributed by atoms with van der Waals surface area (Å²) in [5.74, 6) is -5.60. The number of ether oxygens (including phenoxy) is 1. The number of amides is 2. The van der Waals surface area contributed by atoms with E-state index in [4.69, 9.17) is 4.74 Å². The van der Waals surface area contributed by atoms with E-state index in [2.05, 4.69) is 15.6 Å². The van der Waals surface area contributed by atoms with Crippen molar-refractivity contribution < 1.29 is 27.5 Å². The maximum Gasteiger partial charge on any atom is 0.324 e. The molecule has 0 aromatic carbocycles. The molecule has 1 unspecified atom stereocenters. The Balaban J connectivity index is 1.53. The van der Waals surface area contributed by atoms with Crippen LogP contribution in [0.4, 0.5) is 13.2 Å². The summed E-state index contributed by atoms with van der Waals surface area (Å²) in [7, 11) is 0. The minimum absolute atomic E-state index is 0.0816. The maximum atomic E-state index is 14.1. The van der Waals surface area contributed by atoms with E-state index in [0.717, 1.165) is 18.9 Å². The Kier molecular flexibility index (Phi) is 5.33. The molecule has 0 radical (unpaired) electrons. The van der Waals surface area contributed by atoms with Crippen LogP contribution in [0.3, 0.4) is 0 Å². The van der Waals surface area contributed by atoms with Crippen LogP contribution in [0.15, 0.2) is 12.3 Å². The van der Waals surface area contributed by atoms with Crippen molar-refractivity contribution in [2.75, 3.05) is 13.2 Å². The van der Waals surface area contributed by atoms with Crippen LogP contribution in [0.1, 0.15) is 42.6 Å². The summed E-state index contributed by atoms with van der Waals surface area (Å²) < 4.78 is 46.1. The zero-order valence-corrected chi connectivity index (χ0v) is 14.1. The largest absolute Gasteiger partial charge is 0.492 e. The topological polar surface area (TPSA) is 80.3 Å². The van der Waals surface area contributed by atoms with E-state index in [9.17, 15) is 22.8 Å². The minimum atomic E-state index is -3.40. The van der Waals surface area contributed by atoms with Gasteiger partial charge in [0, 0.05) is 25.1 Å². The second kappa shape index (κ2) is 7.51. The number of carbonyl (C=O) groups is 2. The normalized spacial score (nSPS) is 22.3. The zero-order valence-electron chi connectivity index (χ0n) is 14.1. The van der Waals surface area contributed by atoms with E-state index in [1.54, 1.807) is 0 Å². The highest BCUT2D eigenvalue weighted by molar-refractivity contribution is 5.92. The van der Waals surface area contributed by atoms with Gasteiger partial charge >= 0.3 is 5.92 Å². The van der Waals surface area contributed by atoms with E-state index < -0.39 is 41.7 Å². The van der Waals surface area contributed by atoms with Crippen LogP contribution >= 0.6 is 0 Å². The van der Waals surface area contributed by atoms with Crippen LogP contribution in [0, 0.1) is 11.7 Å². The van der Waals surface area contributed by atoms with Crippen LogP contribution in [0.25, 0.3) is 0 Å². The van der Waals surface area contributed by atoms with Crippen LogP contribution in [0.2, 0.25) is 0 Å². The molecule has 2 fully saturated rings. The monoisotopic (exact) mass is 371 g/mol. The number of alkyl halides is 2. The Hall–Kier alpha value is -2.32. The Labute approximate surface area is 148 Å². The molecule has 6 nitrogen and oxygen atoms in total. The molecular formula is C17H20F3N3O3. The molecule has 1 aliphatic carbocycles. The summed E-state index contributed by atoms with van der Waals surface area (Å²) in [6.07, 6.45) is 3.38. The van der Waals surface area contributed by atoms with Gasteiger partial charge in [-0.2, -0.15) is 8.78 Å². The van der Waals surface area contributed by atoms with Gasteiger partial charge in [0.1, 0.15) is 5.75 Å². The van der Waals surface area contributed by atoms with Crippen molar-refractivity contribution in [2.45, 2.75) is 44.1 Å². The molecule has 1 atom stereocenters. The third-order valence-corrected chi connectivity index (χ3v) is 4.43. The Morgan fingerprint density at radius 2 is 2.15 bits per heavy atom. The van der Waals surface area contributed by atoms with Crippen LogP contribution in [-0.2, 0) is 4.79 Å². The second-order valence-electron chi connectivity index (χ2n) is 6.73. The van der Waals surface area contributed by atoms with Crippen LogP contribution in [0.5, 0.6) is 5.75 Å². The minimum Gasteiger partial charge on any atom is -0.492 e. The summed E-state index contributed by atoms with van der Waals surface area (Å²) >= 11 is 0. The molecular weight excluding hydrogens is 351 g/mol. The first kappa shape index (κ1) is 18.5. The molecule has 1 saturated carbocycles. The van der Waals surface area contributed by atoms with Crippen molar-refractivity contribution >= 4 is 11.8 Å². The summed E-state index contributed by atoms with van der Waals surface area (Å²) in [6, 6.07) is 0.460. The second-order valence-corrected chi connectivity index (χ2v) is 6.73. The van der Waals surface area contributed by atoms with Crippen molar-refractivity contribution in [3.05, 3.63) is 23.8 Å². The SMILES string of the molecule is O=C(NCC1CCCC(F)(F)C(=O)N1)c1ncc(OCC2CC2)cc1F. The van der Waals surface area contributed by atoms with E-state index in [0.29, 0.717) is 18.9 Å². The Morgan fingerprint density at radius 3 is 2.85 bits per heavy atom. The predicted molar refractivity (Wildman–Crippen MR) is 85.5 cm³/mol. The average Bonchev–Trinajstić information content (AvgIpc) is 3.41. The summed E-state index contributed by atoms with van der Waals surface area (Å²) in [5.41, 5.74) is -0.408. The fourth-order valence-corrected chi connectivity index (χ4v) is 2.66. The molecule has 1 aromatic heterocycles. The molecule has 2 heterocycles. The van der Waals surface area contributed by atoms with Crippen molar-refractivity contribution in [2.24, 2.45) is 5.92 Å². The molecule has 142 valence electrons. The van der Waals surface area contributed by atoms with Gasteiger partial charge in [0.2, 0.25) is 0 Å². The lowest BCUT2D eigenvalue weighted by Gasteiger charge is -2.17. The third-order valence-electron chi connectivity index (χ3n) is 4.43. The first-order chi connectivity index (χ1) is 12.3. The highest BCUT2D eigenvalue weighted by Gasteiger charge is 2.41. The molecule has 26 heavy (non-hydrogen) atoms. The molecule has 9 heteroatoms. The number of halogens is 3. The highest BCUT2D eigenvalue weighted by atomic mass is 19.3. The number of rotatable bonds is 6. The van der Waals surface area contributed by atoms with Gasteiger partial charge in [-0.3, -0.25) is 9.59 Å². The van der Waals surface area contributed by atoms with Crippen molar-refractivity contribution in [3.8, 4) is 5.75 Å². The van der Waals surface area contributed by atoms with E-state index in [1.165, 1.54) is 6.20 Å². The summed E-state index contributed by atoms with van der Waals surface area (Å²) in [5, 5.41) is 4.62. The molecule has 1 saturated heterocycles. The lowest BCUT2D eigenvalue weighted by molar-refractivity contribution is -0.145. The van der Waals surface area contributed by atoms with Crippen molar-refractivity contribution in [3.63, 3.8) is 0 Å². The smallest absolute Gasteiger partial charge is 0.324 e. The molecule has 0 spiro atoms. The van der Waals surface area contributed by atoms with Gasteiger partial charge in [-0.05, 0) is 31.6 Å². The molecule has 2 N–H and O–H groups in total. The highest BCUT2D eigenvalue weighted by Crippen LogP contribution is 2.29. The molecule has 0 bridgehead atoms. The number of hydrogen-bond donors (Lipinski definition) is 2. The Bertz CT molecular complexity index is 695. The van der Waals surface area contributed by atoms with Gasteiger partial charge in [-0.25, -0.2) is 9.37 Å². The van der Waals surface area contributed by atoms with Crippen molar-refractivity contribution in [1.82, 2.24) is 15.6 Å². The van der Waals surface area contributed by atoms with Crippen LogP contribution in [-0.4, -0.2) is 41.9 Å². The first-order valence-corrected chi connectivity index (χ1v) is 8.60. The van der Waals surface area contributed by atoms with E-state index >= 15 is 0 Å². The molecule has 3 rings (SSSR count). The molecule has 1 aliphatic heterocycles. The lowest BCUT2D eigenvalue weighted by atomic mass is 10.1. The lowest BCUT2D eigenvalue weighted by Crippen LogP contribution is -2.47. The summed E-state index contributed by atoms with van der Waals surface area (Å²) in [4.78, 5) is 27.3. The standard InChI is InChI=1S/C17H20F3N3O3/c18-13-6-12(26-9-10-3-4-10)8-21-14(13)15(24)22-7-11-2-1-5-17(19,20)16(25)23-11/h6,8,10-11H,1-5,7,9H2,(H,22,24)(H,23,25). The number of pyridine rings is 1. The van der Waals surface area contributed by atoms with E-state index in [1.807, 2.05) is 0 Å². The number of aromatic nitrogens is 1. The number of carbonyl (C=O) groups excluding carboxylic acids is 2. The first-order valence-electron chi connectivity index (χ1n) is 8.60. The van der Waals surface area contributed by atoms with Gasteiger partial charge in [-0.15, -0.1) is 0 Å². The number of nitrogens with zero attached hydrogens (tertiary/aromatic N) is 1. The fourth-order valence-electron chi connectivity index (χ4n) is 2.66. The number of nitrogens with one attached hydrogen (secondary N) is 2. The predicted octanol–water partition coefficient (Wildman–Crippen LogP) is 2.04. The molecule has 1 aromatic rings. The third kappa shape index (κ3) is 4.64. The van der Waals surface area contributed by atoms with Crippen molar-refractivity contribution in [1.29, 1.82) is 0 Å². The van der Waals surface area contributed by atoms with Gasteiger partial charge < -0.3 is 15.4 Å². The van der Waals surface area contributed by atoms with Crippen LogP contribution < -0.4 is 15.4 Å². The zero-order chi connectivity index (χ0) is 18.7. The Morgan fingerprint density at radius 1 is 1.38 bits per heavy atom. The average molecular weight is 371 g/mol.